The van der Waals surface area contributed by atoms with Gasteiger partial charge in [0.15, 0.2) is 5.60 Å². The number of hydrogen-bond donors (Lipinski definition) is 0. The highest BCUT2D eigenvalue weighted by Gasteiger charge is 2.36. The monoisotopic (exact) mass is 309 g/mol. The molecule has 0 bridgehead atoms. The summed E-state index contributed by atoms with van der Waals surface area (Å²) in [6.45, 7) is 9.42. The second kappa shape index (κ2) is 6.27. The predicted molar refractivity (Wildman–Crippen MR) is 85.9 cm³/mol. The second-order valence-corrected chi connectivity index (χ2v) is 6.95. The van der Waals surface area contributed by atoms with E-state index in [0.29, 0.717) is 16.7 Å². The lowest BCUT2D eigenvalue weighted by molar-refractivity contribution is -0.147. The Morgan fingerprint density at radius 3 is 2.81 bits per heavy atom. The quantitative estimate of drug-likeness (QED) is 0.842. The minimum absolute atomic E-state index is 0.0339. The summed E-state index contributed by atoms with van der Waals surface area (Å²) in [4.78, 5) is 14.6. The fraction of sp³-hybridized carbons (Fsp3) is 0.588. The van der Waals surface area contributed by atoms with Gasteiger partial charge >= 0.3 is 0 Å². The molecule has 1 fully saturated rings. The van der Waals surface area contributed by atoms with Crippen molar-refractivity contribution in [2.45, 2.75) is 46.1 Å². The van der Waals surface area contributed by atoms with Crippen LogP contribution in [0.3, 0.4) is 0 Å². The van der Waals surface area contributed by atoms with Gasteiger partial charge in [0.2, 0.25) is 0 Å². The molecule has 0 spiro atoms. The molecule has 0 N–H and O–H groups in total. The Morgan fingerprint density at radius 2 is 2.14 bits per heavy atom. The van der Waals surface area contributed by atoms with Crippen molar-refractivity contribution in [1.82, 2.24) is 4.90 Å². The maximum atomic E-state index is 12.7. The third kappa shape index (κ3) is 3.91. The number of hydrogen-bond acceptors (Lipinski definition) is 2. The van der Waals surface area contributed by atoms with E-state index in [9.17, 15) is 4.79 Å². The Kier molecular flexibility index (Phi) is 4.82. The maximum Gasteiger partial charge on any atom is 0.266 e. The van der Waals surface area contributed by atoms with Gasteiger partial charge in [0.05, 0.1) is 5.02 Å². The summed E-state index contributed by atoms with van der Waals surface area (Å²) in [6, 6.07) is 5.60. The van der Waals surface area contributed by atoms with Gasteiger partial charge in [0.1, 0.15) is 5.75 Å². The maximum absolute atomic E-state index is 12.7. The summed E-state index contributed by atoms with van der Waals surface area (Å²) in [5.41, 5.74) is 0.151. The Balaban J connectivity index is 2.13. The highest BCUT2D eigenvalue weighted by atomic mass is 35.5. The number of carbonyl (C=O) groups excluding carboxylic acids is 1. The summed E-state index contributed by atoms with van der Waals surface area (Å²) in [5, 5.41) is 0.536. The molecular weight excluding hydrogens is 286 g/mol. The lowest BCUT2D eigenvalue weighted by Crippen LogP contribution is -2.51. The van der Waals surface area contributed by atoms with Crippen LogP contribution in [0.25, 0.3) is 0 Å². The number of aryl methyl sites for hydroxylation is 1. The van der Waals surface area contributed by atoms with Gasteiger partial charge in [-0.05, 0) is 57.2 Å². The largest absolute Gasteiger partial charge is 0.476 e. The smallest absolute Gasteiger partial charge is 0.266 e. The number of carbonyl (C=O) groups is 1. The zero-order chi connectivity index (χ0) is 15.6. The first-order valence-electron chi connectivity index (χ1n) is 7.54. The second-order valence-electron chi connectivity index (χ2n) is 6.54. The van der Waals surface area contributed by atoms with E-state index >= 15 is 0 Å². The molecule has 0 radical (unpaired) electrons. The van der Waals surface area contributed by atoms with Gasteiger partial charge in [-0.3, -0.25) is 4.79 Å². The van der Waals surface area contributed by atoms with Crippen LogP contribution in [0.1, 0.15) is 39.2 Å². The molecule has 1 saturated heterocycles. The molecule has 1 heterocycles. The lowest BCUT2D eigenvalue weighted by Gasteiger charge is -2.36. The fourth-order valence-electron chi connectivity index (χ4n) is 2.76. The van der Waals surface area contributed by atoms with Crippen LogP contribution in [-0.2, 0) is 4.79 Å². The van der Waals surface area contributed by atoms with Crippen LogP contribution in [0.15, 0.2) is 18.2 Å². The Bertz CT molecular complexity index is 528. The summed E-state index contributed by atoms with van der Waals surface area (Å²) >= 11 is 6.17. The Morgan fingerprint density at radius 1 is 1.43 bits per heavy atom. The molecule has 1 atom stereocenters. The van der Waals surface area contributed by atoms with Crippen molar-refractivity contribution in [1.29, 1.82) is 0 Å². The van der Waals surface area contributed by atoms with Crippen LogP contribution in [-0.4, -0.2) is 29.5 Å². The van der Waals surface area contributed by atoms with Gasteiger partial charge < -0.3 is 9.64 Å². The van der Waals surface area contributed by atoms with Crippen molar-refractivity contribution >= 4 is 17.5 Å². The van der Waals surface area contributed by atoms with E-state index in [1.54, 1.807) is 6.07 Å². The number of likely N-dealkylation sites (tertiary alicyclic amines) is 1. The molecule has 1 aromatic rings. The number of benzene rings is 1. The molecule has 0 unspecified atom stereocenters. The molecule has 4 heteroatoms. The summed E-state index contributed by atoms with van der Waals surface area (Å²) in [5.74, 6) is 1.16. The number of ether oxygens (including phenoxy) is 1. The first-order chi connectivity index (χ1) is 9.79. The standard InChI is InChI=1S/C17H24ClNO2/c1-12-7-8-14(18)15(10-12)21-17(3,4)16(20)19-9-5-6-13(2)11-19/h7-8,10,13H,5-6,9,11H2,1-4H3/t13-/m1/s1. The molecule has 0 saturated carbocycles. The van der Waals surface area contributed by atoms with E-state index in [0.717, 1.165) is 25.1 Å². The molecule has 0 aliphatic carbocycles. The zero-order valence-electron chi connectivity index (χ0n) is 13.3. The average Bonchev–Trinajstić information content (AvgIpc) is 2.42. The average molecular weight is 310 g/mol. The molecule has 1 aromatic carbocycles. The predicted octanol–water partition coefficient (Wildman–Crippen LogP) is 4.06. The van der Waals surface area contributed by atoms with Gasteiger partial charge in [-0.2, -0.15) is 0 Å². The molecule has 21 heavy (non-hydrogen) atoms. The molecule has 2 rings (SSSR count). The number of rotatable bonds is 3. The lowest BCUT2D eigenvalue weighted by atomic mass is 9.98. The molecule has 1 amide bonds. The van der Waals surface area contributed by atoms with Crippen molar-refractivity contribution in [2.75, 3.05) is 13.1 Å². The fourth-order valence-corrected chi connectivity index (χ4v) is 2.92. The normalized spacial score (nSPS) is 19.5. The van der Waals surface area contributed by atoms with Crippen molar-refractivity contribution in [3.63, 3.8) is 0 Å². The molecule has 0 aromatic heterocycles. The van der Waals surface area contributed by atoms with Crippen molar-refractivity contribution in [3.05, 3.63) is 28.8 Å². The van der Waals surface area contributed by atoms with E-state index in [4.69, 9.17) is 16.3 Å². The molecule has 1 aliphatic rings. The van der Waals surface area contributed by atoms with Gasteiger partial charge in [0, 0.05) is 13.1 Å². The van der Waals surface area contributed by atoms with Gasteiger partial charge in [-0.25, -0.2) is 0 Å². The zero-order valence-corrected chi connectivity index (χ0v) is 14.0. The highest BCUT2D eigenvalue weighted by Crippen LogP contribution is 2.30. The minimum Gasteiger partial charge on any atom is -0.476 e. The van der Waals surface area contributed by atoms with Crippen molar-refractivity contribution in [3.8, 4) is 5.75 Å². The van der Waals surface area contributed by atoms with E-state index < -0.39 is 5.60 Å². The van der Waals surface area contributed by atoms with E-state index in [2.05, 4.69) is 6.92 Å². The third-order valence-electron chi connectivity index (χ3n) is 3.91. The number of nitrogens with zero attached hydrogens (tertiary/aromatic N) is 1. The molecule has 116 valence electrons. The number of halogens is 1. The number of piperidine rings is 1. The van der Waals surface area contributed by atoms with Crippen LogP contribution in [0.2, 0.25) is 5.02 Å². The van der Waals surface area contributed by atoms with E-state index in [-0.39, 0.29) is 5.91 Å². The first-order valence-corrected chi connectivity index (χ1v) is 7.92. The van der Waals surface area contributed by atoms with Crippen molar-refractivity contribution < 1.29 is 9.53 Å². The van der Waals surface area contributed by atoms with Crippen LogP contribution >= 0.6 is 11.6 Å². The Hall–Kier alpha value is -1.22. The van der Waals surface area contributed by atoms with Crippen LogP contribution in [0, 0.1) is 12.8 Å². The van der Waals surface area contributed by atoms with E-state index in [1.807, 2.05) is 37.8 Å². The SMILES string of the molecule is Cc1ccc(Cl)c(OC(C)(C)C(=O)N2CCC[C@@H](C)C2)c1. The molecule has 1 aliphatic heterocycles. The van der Waals surface area contributed by atoms with E-state index in [1.165, 1.54) is 6.42 Å². The summed E-state index contributed by atoms with van der Waals surface area (Å²) < 4.78 is 5.94. The Labute approximate surface area is 132 Å². The summed E-state index contributed by atoms with van der Waals surface area (Å²) in [6.07, 6.45) is 2.25. The van der Waals surface area contributed by atoms with Crippen LogP contribution in [0.5, 0.6) is 5.75 Å². The molecule has 3 nitrogen and oxygen atoms in total. The topological polar surface area (TPSA) is 29.5 Å². The van der Waals surface area contributed by atoms with Gasteiger partial charge in [-0.15, -0.1) is 0 Å². The third-order valence-corrected chi connectivity index (χ3v) is 4.22. The first kappa shape index (κ1) is 16.2. The van der Waals surface area contributed by atoms with Gasteiger partial charge in [0.25, 0.3) is 5.91 Å². The molecular formula is C17H24ClNO2. The highest BCUT2D eigenvalue weighted by molar-refractivity contribution is 6.32. The minimum atomic E-state index is -0.908. The number of amides is 1. The van der Waals surface area contributed by atoms with Crippen LogP contribution < -0.4 is 4.74 Å². The van der Waals surface area contributed by atoms with Gasteiger partial charge in [-0.1, -0.05) is 24.6 Å². The van der Waals surface area contributed by atoms with Crippen molar-refractivity contribution in [2.24, 2.45) is 5.92 Å². The van der Waals surface area contributed by atoms with Crippen LogP contribution in [0.4, 0.5) is 0 Å². The summed E-state index contributed by atoms with van der Waals surface area (Å²) in [7, 11) is 0.